The molecule has 0 heterocycles. The molecule has 0 bridgehead atoms. The van der Waals surface area contributed by atoms with Crippen molar-refractivity contribution in [2.24, 2.45) is 0 Å². The summed E-state index contributed by atoms with van der Waals surface area (Å²) >= 11 is 1.44. The highest BCUT2D eigenvalue weighted by Gasteiger charge is 2.07. The maximum atomic E-state index is 12.2. The van der Waals surface area contributed by atoms with Crippen LogP contribution in [0.1, 0.15) is 11.1 Å². The zero-order valence-corrected chi connectivity index (χ0v) is 17.8. The van der Waals surface area contributed by atoms with Crippen LogP contribution in [0, 0.1) is 13.8 Å². The Hall–Kier alpha value is -3.25. The third-order valence-electron chi connectivity index (χ3n) is 4.13. The maximum absolute atomic E-state index is 12.2. The van der Waals surface area contributed by atoms with Gasteiger partial charge in [-0.25, -0.2) is 0 Å². The third-order valence-corrected chi connectivity index (χ3v) is 5.14. The summed E-state index contributed by atoms with van der Waals surface area (Å²) in [5.74, 6) is 0.676. The number of hydrogen-bond donors (Lipinski definition) is 2. The van der Waals surface area contributed by atoms with E-state index in [1.165, 1.54) is 11.8 Å². The summed E-state index contributed by atoms with van der Waals surface area (Å²) in [5.41, 5.74) is 3.73. The number of hydrogen-bond acceptors (Lipinski definition) is 4. The number of benzene rings is 3. The van der Waals surface area contributed by atoms with Crippen LogP contribution in [0.2, 0.25) is 0 Å². The summed E-state index contributed by atoms with van der Waals surface area (Å²) in [6.07, 6.45) is 0. The fraction of sp³-hybridized carbons (Fsp3) is 0.167. The zero-order chi connectivity index (χ0) is 21.3. The SMILES string of the molecule is Cc1cc(C)cc(NC(=O)CSc2ccc(NC(=O)COc3ccccc3)cc2)c1. The first-order chi connectivity index (χ1) is 14.5. The van der Waals surface area contributed by atoms with Gasteiger partial charge in [0.05, 0.1) is 5.75 Å². The largest absolute Gasteiger partial charge is 0.484 e. The fourth-order valence-electron chi connectivity index (χ4n) is 2.89. The first kappa shape index (κ1) is 21.5. The molecule has 0 saturated carbocycles. The van der Waals surface area contributed by atoms with Crippen molar-refractivity contribution in [3.63, 3.8) is 0 Å². The van der Waals surface area contributed by atoms with Crippen LogP contribution in [0.3, 0.4) is 0 Å². The summed E-state index contributed by atoms with van der Waals surface area (Å²) in [6.45, 7) is 3.95. The minimum atomic E-state index is -0.230. The Labute approximate surface area is 180 Å². The number of aryl methyl sites for hydroxylation is 2. The van der Waals surface area contributed by atoms with Crippen LogP contribution in [0.15, 0.2) is 77.7 Å². The molecular weight excluding hydrogens is 396 g/mol. The lowest BCUT2D eigenvalue weighted by molar-refractivity contribution is -0.118. The molecule has 5 nitrogen and oxygen atoms in total. The first-order valence-corrected chi connectivity index (χ1v) is 10.6. The highest BCUT2D eigenvalue weighted by atomic mass is 32.2. The maximum Gasteiger partial charge on any atom is 0.262 e. The number of thioether (sulfide) groups is 1. The summed E-state index contributed by atoms with van der Waals surface area (Å²) in [5, 5.41) is 5.72. The molecule has 6 heteroatoms. The van der Waals surface area contributed by atoms with Gasteiger partial charge in [0.25, 0.3) is 5.91 Å². The Balaban J connectivity index is 1.43. The highest BCUT2D eigenvalue weighted by Crippen LogP contribution is 2.21. The quantitative estimate of drug-likeness (QED) is 0.500. The van der Waals surface area contributed by atoms with Crippen molar-refractivity contribution in [3.8, 4) is 5.75 Å². The molecule has 3 aromatic carbocycles. The molecule has 0 fully saturated rings. The van der Waals surface area contributed by atoms with Gasteiger partial charge in [0.1, 0.15) is 5.75 Å². The van der Waals surface area contributed by atoms with Gasteiger partial charge in [0.15, 0.2) is 6.61 Å². The van der Waals surface area contributed by atoms with Crippen molar-refractivity contribution >= 4 is 35.0 Å². The van der Waals surface area contributed by atoms with Crippen molar-refractivity contribution in [2.45, 2.75) is 18.7 Å². The van der Waals surface area contributed by atoms with Crippen LogP contribution < -0.4 is 15.4 Å². The van der Waals surface area contributed by atoms with E-state index in [9.17, 15) is 9.59 Å². The van der Waals surface area contributed by atoms with Crippen LogP contribution in [0.25, 0.3) is 0 Å². The van der Waals surface area contributed by atoms with Gasteiger partial charge < -0.3 is 15.4 Å². The number of carbonyl (C=O) groups excluding carboxylic acids is 2. The normalized spacial score (nSPS) is 10.3. The van der Waals surface area contributed by atoms with Gasteiger partial charge in [-0.2, -0.15) is 0 Å². The number of para-hydroxylation sites is 1. The predicted molar refractivity (Wildman–Crippen MR) is 122 cm³/mol. The molecular formula is C24H24N2O3S. The van der Waals surface area contributed by atoms with E-state index in [0.717, 1.165) is 21.7 Å². The molecule has 2 amide bonds. The van der Waals surface area contributed by atoms with E-state index in [1.54, 1.807) is 12.1 Å². The third kappa shape index (κ3) is 6.97. The van der Waals surface area contributed by atoms with Crippen molar-refractivity contribution in [2.75, 3.05) is 23.0 Å². The van der Waals surface area contributed by atoms with Crippen LogP contribution in [-0.4, -0.2) is 24.2 Å². The summed E-state index contributed by atoms with van der Waals surface area (Å²) in [6, 6.07) is 22.5. The van der Waals surface area contributed by atoms with Crippen LogP contribution >= 0.6 is 11.8 Å². The van der Waals surface area contributed by atoms with Gasteiger partial charge in [-0.05, 0) is 73.5 Å². The van der Waals surface area contributed by atoms with Gasteiger partial charge in [0, 0.05) is 16.3 Å². The molecule has 3 aromatic rings. The Morgan fingerprint density at radius 2 is 1.43 bits per heavy atom. The van der Waals surface area contributed by atoms with Crippen LogP contribution in [0.4, 0.5) is 11.4 Å². The average Bonchev–Trinajstić information content (AvgIpc) is 2.72. The zero-order valence-electron chi connectivity index (χ0n) is 17.0. The molecule has 0 atom stereocenters. The van der Waals surface area contributed by atoms with Crippen molar-refractivity contribution in [1.29, 1.82) is 0 Å². The number of anilines is 2. The number of rotatable bonds is 8. The second-order valence-electron chi connectivity index (χ2n) is 6.89. The highest BCUT2D eigenvalue weighted by molar-refractivity contribution is 8.00. The standard InChI is InChI=1S/C24H24N2O3S/c1-17-12-18(2)14-20(13-17)26-24(28)16-30-22-10-8-19(9-11-22)25-23(27)15-29-21-6-4-3-5-7-21/h3-14H,15-16H2,1-2H3,(H,25,27)(H,26,28). The molecule has 0 aliphatic carbocycles. The number of ether oxygens (including phenoxy) is 1. The lowest BCUT2D eigenvalue weighted by Gasteiger charge is -2.09. The number of carbonyl (C=O) groups is 2. The Morgan fingerprint density at radius 1 is 0.800 bits per heavy atom. The van der Waals surface area contributed by atoms with E-state index < -0.39 is 0 Å². The van der Waals surface area contributed by atoms with E-state index in [0.29, 0.717) is 17.2 Å². The first-order valence-electron chi connectivity index (χ1n) is 9.57. The summed E-state index contributed by atoms with van der Waals surface area (Å²) < 4.78 is 5.43. The lowest BCUT2D eigenvalue weighted by atomic mass is 10.1. The topological polar surface area (TPSA) is 67.4 Å². The number of nitrogens with one attached hydrogen (secondary N) is 2. The van der Waals surface area contributed by atoms with Gasteiger partial charge in [0.2, 0.25) is 5.91 Å². The summed E-state index contributed by atoms with van der Waals surface area (Å²) in [4.78, 5) is 25.2. The molecule has 0 saturated heterocycles. The molecule has 3 rings (SSSR count). The second-order valence-corrected chi connectivity index (χ2v) is 7.94. The van der Waals surface area contributed by atoms with Crippen LogP contribution in [-0.2, 0) is 9.59 Å². The van der Waals surface area contributed by atoms with Gasteiger partial charge in [-0.3, -0.25) is 9.59 Å². The molecule has 0 spiro atoms. The Bertz CT molecular complexity index is 984. The van der Waals surface area contributed by atoms with Crippen molar-refractivity contribution in [1.82, 2.24) is 0 Å². The predicted octanol–water partition coefficient (Wildman–Crippen LogP) is 5.05. The van der Waals surface area contributed by atoms with E-state index in [1.807, 2.05) is 68.4 Å². The van der Waals surface area contributed by atoms with Gasteiger partial charge >= 0.3 is 0 Å². The molecule has 30 heavy (non-hydrogen) atoms. The monoisotopic (exact) mass is 420 g/mol. The van der Waals surface area contributed by atoms with Crippen molar-refractivity contribution in [3.05, 3.63) is 83.9 Å². The minimum absolute atomic E-state index is 0.0551. The van der Waals surface area contributed by atoms with Gasteiger partial charge in [-0.1, -0.05) is 24.3 Å². The van der Waals surface area contributed by atoms with Crippen molar-refractivity contribution < 1.29 is 14.3 Å². The minimum Gasteiger partial charge on any atom is -0.484 e. The van der Waals surface area contributed by atoms with Crippen LogP contribution in [0.5, 0.6) is 5.75 Å². The molecule has 0 aliphatic heterocycles. The second kappa shape index (κ2) is 10.5. The van der Waals surface area contributed by atoms with E-state index in [-0.39, 0.29) is 18.4 Å². The Kier molecular flexibility index (Phi) is 7.51. The lowest BCUT2D eigenvalue weighted by Crippen LogP contribution is -2.20. The molecule has 0 radical (unpaired) electrons. The fourth-order valence-corrected chi connectivity index (χ4v) is 3.59. The Morgan fingerprint density at radius 3 is 2.10 bits per heavy atom. The van der Waals surface area contributed by atoms with Gasteiger partial charge in [-0.15, -0.1) is 11.8 Å². The number of amides is 2. The molecule has 2 N–H and O–H groups in total. The van der Waals surface area contributed by atoms with E-state index in [2.05, 4.69) is 16.7 Å². The molecule has 154 valence electrons. The molecule has 0 aliphatic rings. The smallest absolute Gasteiger partial charge is 0.262 e. The summed E-state index contributed by atoms with van der Waals surface area (Å²) in [7, 11) is 0. The van der Waals surface area contributed by atoms with E-state index in [4.69, 9.17) is 4.74 Å². The average molecular weight is 421 g/mol. The van der Waals surface area contributed by atoms with E-state index >= 15 is 0 Å². The molecule has 0 aromatic heterocycles. The molecule has 0 unspecified atom stereocenters.